The van der Waals surface area contributed by atoms with Crippen LogP contribution in [0.25, 0.3) is 16.6 Å². The van der Waals surface area contributed by atoms with Crippen molar-refractivity contribution < 1.29 is 9.53 Å². The normalized spacial score (nSPS) is 11.9. The Balaban J connectivity index is 1.53. The zero-order valence-corrected chi connectivity index (χ0v) is 23.8. The molecule has 4 aromatic carbocycles. The van der Waals surface area contributed by atoms with Gasteiger partial charge in [0.15, 0.2) is 0 Å². The van der Waals surface area contributed by atoms with Crippen LogP contribution in [0.15, 0.2) is 108 Å². The van der Waals surface area contributed by atoms with Crippen molar-refractivity contribution in [1.82, 2.24) is 14.5 Å². The van der Waals surface area contributed by atoms with E-state index in [2.05, 4.69) is 12.1 Å². The van der Waals surface area contributed by atoms with Gasteiger partial charge in [-0.25, -0.2) is 4.98 Å². The van der Waals surface area contributed by atoms with E-state index < -0.39 is 6.04 Å². The maximum atomic E-state index is 13.9. The van der Waals surface area contributed by atoms with Crippen LogP contribution >= 0.6 is 0 Å². The van der Waals surface area contributed by atoms with Crippen LogP contribution in [-0.2, 0) is 22.6 Å². The molecule has 0 spiro atoms. The van der Waals surface area contributed by atoms with Gasteiger partial charge in [0, 0.05) is 6.54 Å². The van der Waals surface area contributed by atoms with Crippen LogP contribution in [0.2, 0.25) is 0 Å². The number of carbonyl (C=O) groups is 1. The fourth-order valence-electron chi connectivity index (χ4n) is 5.03. The second-order valence-electron chi connectivity index (χ2n) is 10.4. The van der Waals surface area contributed by atoms with Gasteiger partial charge in [0.1, 0.15) is 12.4 Å². The van der Waals surface area contributed by atoms with Crippen molar-refractivity contribution in [2.75, 3.05) is 13.2 Å². The Morgan fingerprint density at radius 3 is 2.22 bits per heavy atom. The van der Waals surface area contributed by atoms with E-state index in [9.17, 15) is 9.59 Å². The van der Waals surface area contributed by atoms with Gasteiger partial charge < -0.3 is 9.64 Å². The van der Waals surface area contributed by atoms with Crippen molar-refractivity contribution >= 4 is 16.8 Å². The van der Waals surface area contributed by atoms with Gasteiger partial charge in [0.25, 0.3) is 5.56 Å². The summed E-state index contributed by atoms with van der Waals surface area (Å²) in [7, 11) is 0. The number of aromatic nitrogens is 2. The zero-order chi connectivity index (χ0) is 28.8. The molecule has 6 nitrogen and oxygen atoms in total. The lowest BCUT2D eigenvalue weighted by Crippen LogP contribution is -2.40. The molecule has 0 fully saturated rings. The molecule has 0 radical (unpaired) electrons. The highest BCUT2D eigenvalue weighted by Crippen LogP contribution is 2.25. The quantitative estimate of drug-likeness (QED) is 0.205. The summed E-state index contributed by atoms with van der Waals surface area (Å²) in [6, 6.07) is 32.7. The lowest BCUT2D eigenvalue weighted by atomic mass is 10.1. The molecule has 1 atom stereocenters. The van der Waals surface area contributed by atoms with Crippen LogP contribution < -0.4 is 5.56 Å². The fraction of sp³-hybridized carbons (Fsp3) is 0.229. The van der Waals surface area contributed by atoms with Crippen LogP contribution in [0.4, 0.5) is 0 Å². The van der Waals surface area contributed by atoms with Gasteiger partial charge in [-0.2, -0.15) is 0 Å². The van der Waals surface area contributed by atoms with E-state index in [-0.39, 0.29) is 18.1 Å². The zero-order valence-electron chi connectivity index (χ0n) is 23.8. The highest BCUT2D eigenvalue weighted by molar-refractivity contribution is 5.79. The predicted octanol–water partition coefficient (Wildman–Crippen LogP) is 6.35. The number of aryl methyl sites for hydroxylation is 2. The van der Waals surface area contributed by atoms with Crippen molar-refractivity contribution in [3.8, 4) is 5.69 Å². The third-order valence-corrected chi connectivity index (χ3v) is 7.53. The Labute approximate surface area is 240 Å². The van der Waals surface area contributed by atoms with Gasteiger partial charge in [-0.3, -0.25) is 14.2 Å². The van der Waals surface area contributed by atoms with Crippen molar-refractivity contribution in [3.05, 3.63) is 142 Å². The number of rotatable bonds is 10. The van der Waals surface area contributed by atoms with Gasteiger partial charge in [-0.1, -0.05) is 78.9 Å². The largest absolute Gasteiger partial charge is 0.367 e. The summed E-state index contributed by atoms with van der Waals surface area (Å²) in [5, 5.41) is 0.537. The molecule has 0 saturated heterocycles. The Bertz CT molecular complexity index is 1700. The molecule has 41 heavy (non-hydrogen) atoms. The van der Waals surface area contributed by atoms with Crippen LogP contribution in [0.1, 0.15) is 41.0 Å². The minimum Gasteiger partial charge on any atom is -0.367 e. The number of hydrogen-bond donors (Lipinski definition) is 0. The first-order valence-electron chi connectivity index (χ1n) is 14.0. The smallest absolute Gasteiger partial charge is 0.266 e. The van der Waals surface area contributed by atoms with E-state index in [1.165, 1.54) is 0 Å². The van der Waals surface area contributed by atoms with E-state index in [4.69, 9.17) is 9.72 Å². The number of hydrogen-bond acceptors (Lipinski definition) is 4. The number of amides is 1. The van der Waals surface area contributed by atoms with Crippen LogP contribution in [0, 0.1) is 13.8 Å². The lowest BCUT2D eigenvalue weighted by Gasteiger charge is -2.31. The highest BCUT2D eigenvalue weighted by atomic mass is 16.5. The maximum absolute atomic E-state index is 13.9. The first-order chi connectivity index (χ1) is 19.9. The first-order valence-corrected chi connectivity index (χ1v) is 14.0. The van der Waals surface area contributed by atoms with E-state index in [1.54, 1.807) is 15.5 Å². The minimum atomic E-state index is -0.495. The minimum absolute atomic E-state index is 0.0739. The molecule has 0 aliphatic rings. The molecule has 208 valence electrons. The average molecular weight is 546 g/mol. The monoisotopic (exact) mass is 545 g/mol. The summed E-state index contributed by atoms with van der Waals surface area (Å²) in [4.78, 5) is 34.5. The molecule has 1 heterocycles. The second kappa shape index (κ2) is 12.7. The summed E-state index contributed by atoms with van der Waals surface area (Å²) in [5.74, 6) is 0.361. The van der Waals surface area contributed by atoms with E-state index in [0.29, 0.717) is 36.3 Å². The third kappa shape index (κ3) is 6.44. The molecule has 0 N–H and O–H groups in total. The second-order valence-corrected chi connectivity index (χ2v) is 10.4. The SMILES string of the molecule is Cc1ccc(-n2c(C(C)N(CCc3ccccc3)C(=O)COCc3ccccc3)nc3ccccc3c2=O)cc1C. The third-order valence-electron chi connectivity index (χ3n) is 7.53. The molecule has 5 aromatic rings. The van der Waals surface area contributed by atoms with E-state index in [0.717, 1.165) is 27.9 Å². The molecule has 5 rings (SSSR count). The summed E-state index contributed by atoms with van der Waals surface area (Å²) in [6.45, 7) is 6.73. The average Bonchev–Trinajstić information content (AvgIpc) is 2.99. The molecular weight excluding hydrogens is 510 g/mol. The number of nitrogens with zero attached hydrogens (tertiary/aromatic N) is 3. The van der Waals surface area contributed by atoms with E-state index in [1.807, 2.05) is 106 Å². The highest BCUT2D eigenvalue weighted by Gasteiger charge is 2.27. The molecule has 0 bridgehead atoms. The number of para-hydroxylation sites is 1. The van der Waals surface area contributed by atoms with Gasteiger partial charge in [0.05, 0.1) is 29.2 Å². The van der Waals surface area contributed by atoms with Crippen molar-refractivity contribution in [1.29, 1.82) is 0 Å². The summed E-state index contributed by atoms with van der Waals surface area (Å²) >= 11 is 0. The molecule has 1 aromatic heterocycles. The van der Waals surface area contributed by atoms with Crippen molar-refractivity contribution in [2.45, 2.75) is 39.8 Å². The van der Waals surface area contributed by atoms with Gasteiger partial charge in [-0.15, -0.1) is 0 Å². The Morgan fingerprint density at radius 1 is 0.854 bits per heavy atom. The van der Waals surface area contributed by atoms with Crippen molar-refractivity contribution in [2.24, 2.45) is 0 Å². The molecule has 1 amide bonds. The first kappa shape index (κ1) is 28.0. The molecule has 1 unspecified atom stereocenters. The van der Waals surface area contributed by atoms with Gasteiger partial charge in [0.2, 0.25) is 5.91 Å². The predicted molar refractivity (Wildman–Crippen MR) is 163 cm³/mol. The molecule has 6 heteroatoms. The molecular formula is C35H35N3O3. The molecule has 0 aliphatic heterocycles. The van der Waals surface area contributed by atoms with Crippen LogP contribution in [0.3, 0.4) is 0 Å². The van der Waals surface area contributed by atoms with Crippen LogP contribution in [0.5, 0.6) is 0 Å². The standard InChI is InChI=1S/C35H35N3O3/c1-25-18-19-30(22-26(25)2)38-34(36-32-17-11-10-16-31(32)35(38)40)27(3)37(21-20-28-12-6-4-7-13-28)33(39)24-41-23-29-14-8-5-9-15-29/h4-19,22,27H,20-21,23-24H2,1-3H3. The number of benzene rings is 4. The van der Waals surface area contributed by atoms with E-state index >= 15 is 0 Å². The van der Waals surface area contributed by atoms with Crippen LogP contribution in [-0.4, -0.2) is 33.5 Å². The lowest BCUT2D eigenvalue weighted by molar-refractivity contribution is -0.139. The number of ether oxygens (including phenoxy) is 1. The van der Waals surface area contributed by atoms with Gasteiger partial charge in [-0.05, 0) is 73.7 Å². The maximum Gasteiger partial charge on any atom is 0.266 e. The van der Waals surface area contributed by atoms with Crippen molar-refractivity contribution in [3.63, 3.8) is 0 Å². The number of fused-ring (bicyclic) bond motifs is 1. The Kier molecular flexibility index (Phi) is 8.70. The Morgan fingerprint density at radius 2 is 1.51 bits per heavy atom. The summed E-state index contributed by atoms with van der Waals surface area (Å²) < 4.78 is 7.52. The molecule has 0 saturated carbocycles. The molecule has 0 aliphatic carbocycles. The number of carbonyl (C=O) groups excluding carboxylic acids is 1. The Hall–Kier alpha value is -4.55. The van der Waals surface area contributed by atoms with Gasteiger partial charge >= 0.3 is 0 Å². The topological polar surface area (TPSA) is 64.4 Å². The summed E-state index contributed by atoms with van der Waals surface area (Å²) in [5.41, 5.74) is 5.53. The fourth-order valence-corrected chi connectivity index (χ4v) is 5.03. The summed E-state index contributed by atoms with van der Waals surface area (Å²) in [6.07, 6.45) is 0.664.